The zero-order valence-electron chi connectivity index (χ0n) is 9.22. The summed E-state index contributed by atoms with van der Waals surface area (Å²) in [5.41, 5.74) is 2.13. The Morgan fingerprint density at radius 2 is 1.94 bits per heavy atom. The summed E-state index contributed by atoms with van der Waals surface area (Å²) in [4.78, 5) is 14.5. The average Bonchev–Trinajstić information content (AvgIpc) is 2.40. The number of hydrogen-bond donors (Lipinski definition) is 1. The lowest BCUT2D eigenvalue weighted by molar-refractivity contribution is 1.05. The van der Waals surface area contributed by atoms with Gasteiger partial charge in [0, 0.05) is 10.9 Å². The monoisotopic (exact) mass is 301 g/mol. The second kappa shape index (κ2) is 4.34. The SMILES string of the molecule is O=c1[nH]c2c(-c3ccccc3)nncc2cc1Br. The predicted molar refractivity (Wildman–Crippen MR) is 73.3 cm³/mol. The van der Waals surface area contributed by atoms with Gasteiger partial charge in [0.2, 0.25) is 0 Å². The number of pyridine rings is 1. The number of H-pyrrole nitrogens is 1. The highest BCUT2D eigenvalue weighted by molar-refractivity contribution is 9.10. The highest BCUT2D eigenvalue weighted by atomic mass is 79.9. The Morgan fingerprint density at radius 3 is 2.72 bits per heavy atom. The maximum Gasteiger partial charge on any atom is 0.262 e. The van der Waals surface area contributed by atoms with Crippen LogP contribution in [0.2, 0.25) is 0 Å². The van der Waals surface area contributed by atoms with Crippen LogP contribution in [0.1, 0.15) is 0 Å². The Bertz CT molecular complexity index is 768. The van der Waals surface area contributed by atoms with E-state index in [1.165, 1.54) is 0 Å². The number of rotatable bonds is 1. The van der Waals surface area contributed by atoms with Crippen molar-refractivity contribution < 1.29 is 0 Å². The van der Waals surface area contributed by atoms with Gasteiger partial charge in [-0.05, 0) is 22.0 Å². The molecule has 5 heteroatoms. The molecule has 18 heavy (non-hydrogen) atoms. The van der Waals surface area contributed by atoms with Gasteiger partial charge in [-0.2, -0.15) is 5.10 Å². The zero-order valence-corrected chi connectivity index (χ0v) is 10.8. The maximum absolute atomic E-state index is 11.7. The van der Waals surface area contributed by atoms with Crippen LogP contribution < -0.4 is 5.56 Å². The molecule has 4 nitrogen and oxygen atoms in total. The van der Waals surface area contributed by atoms with Crippen molar-refractivity contribution in [3.8, 4) is 11.3 Å². The second-order valence-electron chi connectivity index (χ2n) is 3.84. The van der Waals surface area contributed by atoms with Crippen molar-refractivity contribution in [1.82, 2.24) is 15.2 Å². The van der Waals surface area contributed by atoms with Crippen LogP contribution in [0.15, 0.2) is 51.9 Å². The van der Waals surface area contributed by atoms with E-state index in [0.29, 0.717) is 15.7 Å². The topological polar surface area (TPSA) is 58.6 Å². The molecule has 0 aliphatic carbocycles. The highest BCUT2D eigenvalue weighted by Gasteiger charge is 2.08. The van der Waals surface area contributed by atoms with E-state index < -0.39 is 0 Å². The van der Waals surface area contributed by atoms with Gasteiger partial charge in [0.05, 0.1) is 16.2 Å². The number of aromatic nitrogens is 3. The average molecular weight is 302 g/mol. The second-order valence-corrected chi connectivity index (χ2v) is 4.69. The van der Waals surface area contributed by atoms with Crippen LogP contribution in [-0.4, -0.2) is 15.2 Å². The molecule has 0 aliphatic rings. The summed E-state index contributed by atoms with van der Waals surface area (Å²) in [7, 11) is 0. The Hall–Kier alpha value is -2.01. The Balaban J connectivity index is 2.37. The summed E-state index contributed by atoms with van der Waals surface area (Å²) < 4.78 is 0.488. The third-order valence-electron chi connectivity index (χ3n) is 2.66. The molecule has 2 heterocycles. The van der Waals surface area contributed by atoms with Crippen LogP contribution in [0.4, 0.5) is 0 Å². The van der Waals surface area contributed by atoms with E-state index in [1.54, 1.807) is 12.3 Å². The quantitative estimate of drug-likeness (QED) is 0.752. The van der Waals surface area contributed by atoms with Crippen molar-refractivity contribution >= 4 is 26.8 Å². The molecule has 0 atom stereocenters. The van der Waals surface area contributed by atoms with Crippen LogP contribution in [0.3, 0.4) is 0 Å². The fourth-order valence-corrected chi connectivity index (χ4v) is 2.16. The number of fused-ring (bicyclic) bond motifs is 1. The molecule has 0 spiro atoms. The van der Waals surface area contributed by atoms with Crippen molar-refractivity contribution in [2.75, 3.05) is 0 Å². The van der Waals surface area contributed by atoms with E-state index in [4.69, 9.17) is 0 Å². The fraction of sp³-hybridized carbons (Fsp3) is 0. The van der Waals surface area contributed by atoms with E-state index in [2.05, 4.69) is 31.1 Å². The van der Waals surface area contributed by atoms with E-state index in [-0.39, 0.29) is 5.56 Å². The van der Waals surface area contributed by atoms with E-state index in [0.717, 1.165) is 10.9 Å². The summed E-state index contributed by atoms with van der Waals surface area (Å²) in [6, 6.07) is 11.4. The van der Waals surface area contributed by atoms with Gasteiger partial charge in [0.1, 0.15) is 5.69 Å². The summed E-state index contributed by atoms with van der Waals surface area (Å²) >= 11 is 3.21. The van der Waals surface area contributed by atoms with Crippen LogP contribution in [0.5, 0.6) is 0 Å². The van der Waals surface area contributed by atoms with Crippen LogP contribution in [0.25, 0.3) is 22.2 Å². The lowest BCUT2D eigenvalue weighted by atomic mass is 10.1. The van der Waals surface area contributed by atoms with Crippen molar-refractivity contribution in [2.24, 2.45) is 0 Å². The number of hydrogen-bond acceptors (Lipinski definition) is 3. The Kier molecular flexibility index (Phi) is 2.68. The van der Waals surface area contributed by atoms with Crippen molar-refractivity contribution in [3.05, 3.63) is 57.4 Å². The first-order valence-corrected chi connectivity index (χ1v) is 6.14. The minimum Gasteiger partial charge on any atom is -0.319 e. The number of nitrogens with zero attached hydrogens (tertiary/aromatic N) is 2. The Labute approximate surface area is 111 Å². The van der Waals surface area contributed by atoms with Gasteiger partial charge in [0.25, 0.3) is 5.56 Å². The molecular weight excluding hydrogens is 294 g/mol. The number of aromatic amines is 1. The third-order valence-corrected chi connectivity index (χ3v) is 3.25. The van der Waals surface area contributed by atoms with Gasteiger partial charge < -0.3 is 4.98 Å². The molecule has 0 bridgehead atoms. The van der Waals surface area contributed by atoms with Gasteiger partial charge in [-0.25, -0.2) is 0 Å². The minimum atomic E-state index is -0.173. The summed E-state index contributed by atoms with van der Waals surface area (Å²) in [6.07, 6.45) is 1.63. The van der Waals surface area contributed by atoms with Gasteiger partial charge in [-0.15, -0.1) is 5.10 Å². The molecule has 3 aromatic rings. The molecule has 0 saturated carbocycles. The standard InChI is InChI=1S/C13H8BrN3O/c14-10-6-9-7-15-17-12(11(9)16-13(10)18)8-4-2-1-3-5-8/h1-7H,(H,16,18). The van der Waals surface area contributed by atoms with Crippen molar-refractivity contribution in [1.29, 1.82) is 0 Å². The van der Waals surface area contributed by atoms with Crippen LogP contribution in [0, 0.1) is 0 Å². The van der Waals surface area contributed by atoms with E-state index in [1.807, 2.05) is 30.3 Å². The largest absolute Gasteiger partial charge is 0.319 e. The van der Waals surface area contributed by atoms with Gasteiger partial charge in [0.15, 0.2) is 0 Å². The smallest absolute Gasteiger partial charge is 0.262 e. The first-order chi connectivity index (χ1) is 8.75. The van der Waals surface area contributed by atoms with E-state index in [9.17, 15) is 4.79 Å². The van der Waals surface area contributed by atoms with Crippen LogP contribution in [-0.2, 0) is 0 Å². The van der Waals surface area contributed by atoms with Gasteiger partial charge >= 0.3 is 0 Å². The molecule has 1 aromatic carbocycles. The normalized spacial score (nSPS) is 10.7. The molecule has 0 aliphatic heterocycles. The highest BCUT2D eigenvalue weighted by Crippen LogP contribution is 2.23. The van der Waals surface area contributed by atoms with E-state index >= 15 is 0 Å². The molecule has 88 valence electrons. The van der Waals surface area contributed by atoms with Crippen LogP contribution >= 0.6 is 15.9 Å². The van der Waals surface area contributed by atoms with Crippen molar-refractivity contribution in [3.63, 3.8) is 0 Å². The summed E-state index contributed by atoms with van der Waals surface area (Å²) in [5, 5.41) is 8.92. The predicted octanol–water partition coefficient (Wildman–Crippen LogP) is 2.75. The van der Waals surface area contributed by atoms with Gasteiger partial charge in [-0.1, -0.05) is 30.3 Å². The molecule has 2 aromatic heterocycles. The minimum absolute atomic E-state index is 0.173. The number of benzene rings is 1. The number of halogens is 1. The number of nitrogens with one attached hydrogen (secondary N) is 1. The molecule has 0 saturated heterocycles. The fourth-order valence-electron chi connectivity index (χ4n) is 1.81. The summed E-state index contributed by atoms with van der Waals surface area (Å²) in [6.45, 7) is 0. The lowest BCUT2D eigenvalue weighted by Crippen LogP contribution is -2.07. The first kappa shape index (κ1) is 11.1. The molecule has 0 fully saturated rings. The lowest BCUT2D eigenvalue weighted by Gasteiger charge is -2.04. The molecule has 3 rings (SSSR count). The molecule has 1 N–H and O–H groups in total. The molecular formula is C13H8BrN3O. The third kappa shape index (κ3) is 1.82. The first-order valence-electron chi connectivity index (χ1n) is 5.35. The maximum atomic E-state index is 11.7. The zero-order chi connectivity index (χ0) is 12.5. The molecule has 0 radical (unpaired) electrons. The molecule has 0 amide bonds. The van der Waals surface area contributed by atoms with Gasteiger partial charge in [-0.3, -0.25) is 4.79 Å². The summed E-state index contributed by atoms with van der Waals surface area (Å²) in [5.74, 6) is 0. The Morgan fingerprint density at radius 1 is 1.17 bits per heavy atom. The molecule has 0 unspecified atom stereocenters. The van der Waals surface area contributed by atoms with Crippen molar-refractivity contribution in [2.45, 2.75) is 0 Å².